The third kappa shape index (κ3) is 4.04. The first-order chi connectivity index (χ1) is 9.58. The third-order valence-electron chi connectivity index (χ3n) is 3.74. The van der Waals surface area contributed by atoms with Crippen molar-refractivity contribution in [1.82, 2.24) is 15.1 Å². The van der Waals surface area contributed by atoms with E-state index >= 15 is 0 Å². The molecule has 0 radical (unpaired) electrons. The van der Waals surface area contributed by atoms with E-state index in [1.54, 1.807) is 0 Å². The van der Waals surface area contributed by atoms with Crippen molar-refractivity contribution < 1.29 is 4.79 Å². The van der Waals surface area contributed by atoms with Crippen LogP contribution in [-0.2, 0) is 11.3 Å². The number of nitrogens with zero attached hydrogens (tertiary/aromatic N) is 2. The van der Waals surface area contributed by atoms with E-state index in [9.17, 15) is 4.79 Å². The highest BCUT2D eigenvalue weighted by Gasteiger charge is 2.25. The number of halogens is 1. The van der Waals surface area contributed by atoms with E-state index in [0.717, 1.165) is 36.2 Å². The molecule has 2 rings (SSSR count). The van der Waals surface area contributed by atoms with Gasteiger partial charge in [0.15, 0.2) is 0 Å². The fourth-order valence-corrected chi connectivity index (χ4v) is 2.98. The standard InChI is InChI=1S/C15H22BrN3O/c1-12(19-8-6-17-7-9-19)15(20)18(2)11-13-4-3-5-14(16)10-13/h3-5,10,12,17H,6-9,11H2,1-2H3. The maximum atomic E-state index is 12.5. The monoisotopic (exact) mass is 339 g/mol. The van der Waals surface area contributed by atoms with Crippen LogP contribution in [0, 0.1) is 0 Å². The SMILES string of the molecule is CC(C(=O)N(C)Cc1cccc(Br)c1)N1CCNCC1. The van der Waals surface area contributed by atoms with Gasteiger partial charge >= 0.3 is 0 Å². The second-order valence-electron chi connectivity index (χ2n) is 5.29. The van der Waals surface area contributed by atoms with E-state index in [1.165, 1.54) is 0 Å². The lowest BCUT2D eigenvalue weighted by atomic mass is 10.2. The van der Waals surface area contributed by atoms with E-state index in [4.69, 9.17) is 0 Å². The Morgan fingerprint density at radius 1 is 1.45 bits per heavy atom. The number of rotatable bonds is 4. The third-order valence-corrected chi connectivity index (χ3v) is 4.23. The van der Waals surface area contributed by atoms with Crippen molar-refractivity contribution in [1.29, 1.82) is 0 Å². The highest BCUT2D eigenvalue weighted by atomic mass is 79.9. The first-order valence-electron chi connectivity index (χ1n) is 7.02. The van der Waals surface area contributed by atoms with Gasteiger partial charge in [0.05, 0.1) is 6.04 Å². The number of hydrogen-bond donors (Lipinski definition) is 1. The zero-order valence-electron chi connectivity index (χ0n) is 12.1. The molecule has 1 aliphatic heterocycles. The van der Waals surface area contributed by atoms with Crippen LogP contribution in [0.4, 0.5) is 0 Å². The molecule has 0 aliphatic carbocycles. The van der Waals surface area contributed by atoms with Crippen LogP contribution in [-0.4, -0.2) is 55.0 Å². The molecule has 1 atom stereocenters. The molecule has 0 bridgehead atoms. The van der Waals surface area contributed by atoms with Crippen molar-refractivity contribution in [2.45, 2.75) is 19.5 Å². The summed E-state index contributed by atoms with van der Waals surface area (Å²) >= 11 is 3.46. The quantitative estimate of drug-likeness (QED) is 0.906. The summed E-state index contributed by atoms with van der Waals surface area (Å²) in [6.07, 6.45) is 0. The summed E-state index contributed by atoms with van der Waals surface area (Å²) in [5.41, 5.74) is 1.14. The predicted octanol–water partition coefficient (Wildman–Crippen LogP) is 1.70. The molecule has 1 heterocycles. The highest BCUT2D eigenvalue weighted by Crippen LogP contribution is 2.14. The lowest BCUT2D eigenvalue weighted by Crippen LogP contribution is -2.52. The van der Waals surface area contributed by atoms with E-state index in [1.807, 2.05) is 37.1 Å². The van der Waals surface area contributed by atoms with Crippen LogP contribution in [0.1, 0.15) is 12.5 Å². The van der Waals surface area contributed by atoms with Gasteiger partial charge < -0.3 is 10.2 Å². The summed E-state index contributed by atoms with van der Waals surface area (Å²) in [5.74, 6) is 0.187. The molecule has 0 saturated carbocycles. The van der Waals surface area contributed by atoms with Crippen molar-refractivity contribution in [3.8, 4) is 0 Å². The smallest absolute Gasteiger partial charge is 0.239 e. The van der Waals surface area contributed by atoms with E-state index in [0.29, 0.717) is 6.54 Å². The van der Waals surface area contributed by atoms with Crippen LogP contribution in [0.25, 0.3) is 0 Å². The van der Waals surface area contributed by atoms with Crippen LogP contribution in [0.3, 0.4) is 0 Å². The fourth-order valence-electron chi connectivity index (χ4n) is 2.53. The lowest BCUT2D eigenvalue weighted by molar-refractivity contribution is -0.135. The Hall–Kier alpha value is -0.910. The average Bonchev–Trinajstić information content (AvgIpc) is 2.46. The van der Waals surface area contributed by atoms with Gasteiger partial charge in [-0.1, -0.05) is 28.1 Å². The van der Waals surface area contributed by atoms with Crippen molar-refractivity contribution in [3.63, 3.8) is 0 Å². The van der Waals surface area contributed by atoms with Crippen LogP contribution in [0.15, 0.2) is 28.7 Å². The van der Waals surface area contributed by atoms with Crippen LogP contribution >= 0.6 is 15.9 Å². The first kappa shape index (κ1) is 15.5. The van der Waals surface area contributed by atoms with Crippen molar-refractivity contribution in [3.05, 3.63) is 34.3 Å². The second kappa shape index (κ2) is 7.20. The van der Waals surface area contributed by atoms with E-state index in [-0.39, 0.29) is 11.9 Å². The number of carbonyl (C=O) groups excluding carboxylic acids is 1. The van der Waals surface area contributed by atoms with Gasteiger partial charge in [-0.25, -0.2) is 0 Å². The second-order valence-corrected chi connectivity index (χ2v) is 6.20. The Morgan fingerprint density at radius 2 is 2.15 bits per heavy atom. The molecule has 1 saturated heterocycles. The molecular formula is C15H22BrN3O. The predicted molar refractivity (Wildman–Crippen MR) is 84.5 cm³/mol. The molecule has 20 heavy (non-hydrogen) atoms. The van der Waals surface area contributed by atoms with Crippen LogP contribution in [0.2, 0.25) is 0 Å². The minimum absolute atomic E-state index is 0.0470. The van der Waals surface area contributed by atoms with Crippen LogP contribution < -0.4 is 5.32 Å². The van der Waals surface area contributed by atoms with Gasteiger partial charge in [-0.15, -0.1) is 0 Å². The lowest BCUT2D eigenvalue weighted by Gasteiger charge is -2.34. The first-order valence-corrected chi connectivity index (χ1v) is 7.81. The zero-order chi connectivity index (χ0) is 14.5. The van der Waals surface area contributed by atoms with Crippen LogP contribution in [0.5, 0.6) is 0 Å². The topological polar surface area (TPSA) is 35.6 Å². The van der Waals surface area contributed by atoms with Gasteiger partial charge in [-0.3, -0.25) is 9.69 Å². The summed E-state index contributed by atoms with van der Waals surface area (Å²) in [4.78, 5) is 16.5. The molecule has 1 unspecified atom stereocenters. The minimum Gasteiger partial charge on any atom is -0.340 e. The van der Waals surface area contributed by atoms with E-state index in [2.05, 4.69) is 32.2 Å². The number of carbonyl (C=O) groups is 1. The van der Waals surface area contributed by atoms with Gasteiger partial charge in [0.2, 0.25) is 5.91 Å². The summed E-state index contributed by atoms with van der Waals surface area (Å²) in [7, 11) is 1.88. The molecule has 5 heteroatoms. The summed E-state index contributed by atoms with van der Waals surface area (Å²) < 4.78 is 1.05. The molecule has 1 amide bonds. The number of amides is 1. The minimum atomic E-state index is -0.0470. The van der Waals surface area contributed by atoms with Crippen molar-refractivity contribution in [2.75, 3.05) is 33.2 Å². The zero-order valence-corrected chi connectivity index (χ0v) is 13.7. The Labute approximate surface area is 129 Å². The molecule has 1 N–H and O–H groups in total. The Bertz CT molecular complexity index is 460. The Kier molecular flexibility index (Phi) is 5.57. The number of hydrogen-bond acceptors (Lipinski definition) is 3. The van der Waals surface area contributed by atoms with Crippen molar-refractivity contribution >= 4 is 21.8 Å². The molecule has 0 aromatic heterocycles. The average molecular weight is 340 g/mol. The number of piperazine rings is 1. The number of benzene rings is 1. The van der Waals surface area contributed by atoms with Gasteiger partial charge in [-0.2, -0.15) is 0 Å². The number of nitrogens with one attached hydrogen (secondary N) is 1. The molecule has 1 aromatic carbocycles. The molecule has 4 nitrogen and oxygen atoms in total. The normalized spacial score (nSPS) is 17.8. The maximum absolute atomic E-state index is 12.5. The summed E-state index contributed by atoms with van der Waals surface area (Å²) in [6, 6.07) is 8.05. The van der Waals surface area contributed by atoms with Gasteiger partial charge in [0, 0.05) is 44.2 Å². The summed E-state index contributed by atoms with van der Waals surface area (Å²) in [6.45, 7) is 6.47. The molecule has 1 aliphatic rings. The molecular weight excluding hydrogens is 318 g/mol. The van der Waals surface area contributed by atoms with Gasteiger partial charge in [0.25, 0.3) is 0 Å². The van der Waals surface area contributed by atoms with E-state index < -0.39 is 0 Å². The molecule has 110 valence electrons. The van der Waals surface area contributed by atoms with Crippen molar-refractivity contribution in [2.24, 2.45) is 0 Å². The van der Waals surface area contributed by atoms with Gasteiger partial charge in [0.1, 0.15) is 0 Å². The van der Waals surface area contributed by atoms with Gasteiger partial charge in [-0.05, 0) is 24.6 Å². The summed E-state index contributed by atoms with van der Waals surface area (Å²) in [5, 5.41) is 3.31. The molecule has 0 spiro atoms. The Morgan fingerprint density at radius 3 is 2.80 bits per heavy atom. The largest absolute Gasteiger partial charge is 0.340 e. The molecule has 1 aromatic rings. The fraction of sp³-hybridized carbons (Fsp3) is 0.533. The maximum Gasteiger partial charge on any atom is 0.239 e. The Balaban J connectivity index is 1.93. The molecule has 1 fully saturated rings. The number of likely N-dealkylation sites (N-methyl/N-ethyl adjacent to an activating group) is 1. The highest BCUT2D eigenvalue weighted by molar-refractivity contribution is 9.10.